The van der Waals surface area contributed by atoms with Crippen molar-refractivity contribution in [3.63, 3.8) is 0 Å². The van der Waals surface area contributed by atoms with Crippen LogP contribution in [0, 0.1) is 6.92 Å². The van der Waals surface area contributed by atoms with Crippen LogP contribution in [0.3, 0.4) is 0 Å². The lowest BCUT2D eigenvalue weighted by Gasteiger charge is -2.09. The molecule has 0 spiro atoms. The fourth-order valence-corrected chi connectivity index (χ4v) is 3.67. The van der Waals surface area contributed by atoms with E-state index in [0.29, 0.717) is 22.6 Å². The smallest absolute Gasteiger partial charge is 0.251 e. The number of benzene rings is 2. The van der Waals surface area contributed by atoms with Crippen LogP contribution in [0.25, 0.3) is 10.9 Å². The first-order chi connectivity index (χ1) is 11.3. The lowest BCUT2D eigenvalue weighted by atomic mass is 10.1. The number of nitrogens with one attached hydrogen (secondary N) is 2. The molecule has 124 valence electrons. The monoisotopic (exact) mass is 342 g/mol. The number of aryl methyl sites for hydroxylation is 1. The predicted octanol–water partition coefficient (Wildman–Crippen LogP) is 2.81. The molecule has 3 aromatic rings. The van der Waals surface area contributed by atoms with Crippen molar-refractivity contribution in [3.05, 3.63) is 65.4 Å². The van der Waals surface area contributed by atoms with Crippen LogP contribution < -0.4 is 5.32 Å². The number of hydrogen-bond acceptors (Lipinski definition) is 3. The highest BCUT2D eigenvalue weighted by molar-refractivity contribution is 7.90. The molecule has 0 saturated carbocycles. The van der Waals surface area contributed by atoms with Gasteiger partial charge >= 0.3 is 0 Å². The van der Waals surface area contributed by atoms with Gasteiger partial charge in [0.05, 0.1) is 4.90 Å². The topological polar surface area (TPSA) is 79.0 Å². The summed E-state index contributed by atoms with van der Waals surface area (Å²) in [6, 6.07) is 12.5. The van der Waals surface area contributed by atoms with Gasteiger partial charge in [0.2, 0.25) is 0 Å². The zero-order valence-electron chi connectivity index (χ0n) is 13.5. The van der Waals surface area contributed by atoms with Crippen molar-refractivity contribution in [2.45, 2.75) is 18.4 Å². The van der Waals surface area contributed by atoms with E-state index in [-0.39, 0.29) is 5.91 Å². The van der Waals surface area contributed by atoms with Crippen LogP contribution >= 0.6 is 0 Å². The molecule has 24 heavy (non-hydrogen) atoms. The van der Waals surface area contributed by atoms with Crippen LogP contribution in [0.15, 0.2) is 53.6 Å². The van der Waals surface area contributed by atoms with Gasteiger partial charge in [-0.25, -0.2) is 8.42 Å². The van der Waals surface area contributed by atoms with Gasteiger partial charge in [-0.3, -0.25) is 4.79 Å². The fourth-order valence-electron chi connectivity index (χ4n) is 2.71. The Hall–Kier alpha value is -2.60. The Morgan fingerprint density at radius 2 is 1.92 bits per heavy atom. The Kier molecular flexibility index (Phi) is 4.15. The van der Waals surface area contributed by atoms with E-state index in [2.05, 4.69) is 10.3 Å². The van der Waals surface area contributed by atoms with Crippen molar-refractivity contribution < 1.29 is 13.2 Å². The van der Waals surface area contributed by atoms with Gasteiger partial charge in [0, 0.05) is 30.1 Å². The van der Waals surface area contributed by atoms with Gasteiger partial charge in [0.1, 0.15) is 0 Å². The highest BCUT2D eigenvalue weighted by Crippen LogP contribution is 2.17. The molecule has 0 aliphatic rings. The van der Waals surface area contributed by atoms with Crippen LogP contribution in [0.1, 0.15) is 21.5 Å². The minimum Gasteiger partial charge on any atom is -0.361 e. The first kappa shape index (κ1) is 16.3. The number of H-pyrrole nitrogens is 1. The van der Waals surface area contributed by atoms with Gasteiger partial charge in [0.15, 0.2) is 9.84 Å². The zero-order chi connectivity index (χ0) is 17.3. The number of fused-ring (bicyclic) bond motifs is 1. The van der Waals surface area contributed by atoms with Gasteiger partial charge < -0.3 is 10.3 Å². The van der Waals surface area contributed by atoms with Crippen molar-refractivity contribution >= 4 is 26.6 Å². The van der Waals surface area contributed by atoms with Crippen molar-refractivity contribution in [1.29, 1.82) is 0 Å². The molecule has 1 heterocycles. The second-order valence-corrected chi connectivity index (χ2v) is 7.82. The Labute approximate surface area is 140 Å². The van der Waals surface area contributed by atoms with Gasteiger partial charge in [-0.1, -0.05) is 18.2 Å². The van der Waals surface area contributed by atoms with Crippen LogP contribution in [0.2, 0.25) is 0 Å². The molecule has 1 aromatic heterocycles. The van der Waals surface area contributed by atoms with Gasteiger partial charge in [-0.15, -0.1) is 0 Å². The minimum absolute atomic E-state index is 0.170. The molecular weight excluding hydrogens is 324 g/mol. The average Bonchev–Trinajstić information content (AvgIpc) is 2.98. The molecule has 6 heteroatoms. The maximum atomic E-state index is 12.3. The number of aromatic amines is 1. The number of carbonyl (C=O) groups excluding carboxylic acids is 1. The van der Waals surface area contributed by atoms with Gasteiger partial charge in [-0.05, 0) is 47.7 Å². The summed E-state index contributed by atoms with van der Waals surface area (Å²) in [4.78, 5) is 15.7. The SMILES string of the molecule is Cc1cc(CNC(=O)c2ccc3cc[nH]c3c2)ccc1S(C)(=O)=O. The van der Waals surface area contributed by atoms with Gasteiger partial charge in [0.25, 0.3) is 5.91 Å². The van der Waals surface area contributed by atoms with Crippen LogP contribution in [0.4, 0.5) is 0 Å². The second kappa shape index (κ2) is 6.13. The summed E-state index contributed by atoms with van der Waals surface area (Å²) >= 11 is 0. The molecule has 3 rings (SSSR count). The van der Waals surface area contributed by atoms with Crippen molar-refractivity contribution in [2.75, 3.05) is 6.26 Å². The van der Waals surface area contributed by atoms with Crippen molar-refractivity contribution in [3.8, 4) is 0 Å². The fraction of sp³-hybridized carbons (Fsp3) is 0.167. The van der Waals surface area contributed by atoms with Crippen LogP contribution in [-0.2, 0) is 16.4 Å². The average molecular weight is 342 g/mol. The standard InChI is InChI=1S/C18H18N2O3S/c1-12-9-13(3-6-17(12)24(2,22)23)11-20-18(21)15-5-4-14-7-8-19-16(14)10-15/h3-10,19H,11H2,1-2H3,(H,20,21). The first-order valence-corrected chi connectivity index (χ1v) is 9.39. The summed E-state index contributed by atoms with van der Waals surface area (Å²) in [6.07, 6.45) is 3.02. The molecule has 0 saturated heterocycles. The molecule has 0 bridgehead atoms. The van der Waals surface area contributed by atoms with E-state index in [4.69, 9.17) is 0 Å². The lowest BCUT2D eigenvalue weighted by molar-refractivity contribution is 0.0951. The normalized spacial score (nSPS) is 11.6. The summed E-state index contributed by atoms with van der Waals surface area (Å²) in [6.45, 7) is 2.09. The van der Waals surface area contributed by atoms with E-state index in [0.717, 1.165) is 16.5 Å². The lowest BCUT2D eigenvalue weighted by Crippen LogP contribution is -2.22. The number of carbonyl (C=O) groups is 1. The number of aromatic nitrogens is 1. The summed E-state index contributed by atoms with van der Waals surface area (Å²) < 4.78 is 23.3. The largest absolute Gasteiger partial charge is 0.361 e. The summed E-state index contributed by atoms with van der Waals surface area (Å²) in [5, 5.41) is 3.91. The molecule has 2 N–H and O–H groups in total. The number of sulfone groups is 1. The van der Waals surface area contributed by atoms with E-state index in [1.54, 1.807) is 31.2 Å². The third-order valence-electron chi connectivity index (χ3n) is 3.91. The maximum absolute atomic E-state index is 12.3. The third kappa shape index (κ3) is 3.33. The summed E-state index contributed by atoms with van der Waals surface area (Å²) in [7, 11) is -3.23. The number of hydrogen-bond donors (Lipinski definition) is 2. The Morgan fingerprint density at radius 3 is 2.62 bits per heavy atom. The molecule has 0 unspecified atom stereocenters. The molecule has 2 aromatic carbocycles. The maximum Gasteiger partial charge on any atom is 0.251 e. The first-order valence-electron chi connectivity index (χ1n) is 7.49. The quantitative estimate of drug-likeness (QED) is 0.765. The highest BCUT2D eigenvalue weighted by atomic mass is 32.2. The molecule has 0 atom stereocenters. The Balaban J connectivity index is 1.73. The summed E-state index contributed by atoms with van der Waals surface area (Å²) in [5.74, 6) is -0.170. The molecular formula is C18H18N2O3S. The van der Waals surface area contributed by atoms with Gasteiger partial charge in [-0.2, -0.15) is 0 Å². The molecule has 0 aliphatic heterocycles. The predicted molar refractivity (Wildman–Crippen MR) is 93.8 cm³/mol. The Bertz CT molecular complexity index is 1020. The second-order valence-electron chi connectivity index (χ2n) is 5.83. The van der Waals surface area contributed by atoms with E-state index in [1.165, 1.54) is 6.26 Å². The van der Waals surface area contributed by atoms with E-state index in [9.17, 15) is 13.2 Å². The number of rotatable bonds is 4. The van der Waals surface area contributed by atoms with Crippen LogP contribution in [-0.4, -0.2) is 25.6 Å². The van der Waals surface area contributed by atoms with Crippen molar-refractivity contribution in [1.82, 2.24) is 10.3 Å². The minimum atomic E-state index is -3.23. The molecule has 1 amide bonds. The number of amides is 1. The van der Waals surface area contributed by atoms with E-state index >= 15 is 0 Å². The molecule has 0 aliphatic carbocycles. The summed E-state index contributed by atoms with van der Waals surface area (Å²) in [5.41, 5.74) is 3.02. The molecule has 0 fully saturated rings. The molecule has 5 nitrogen and oxygen atoms in total. The zero-order valence-corrected chi connectivity index (χ0v) is 14.3. The highest BCUT2D eigenvalue weighted by Gasteiger charge is 2.12. The third-order valence-corrected chi connectivity index (χ3v) is 5.17. The van der Waals surface area contributed by atoms with Crippen molar-refractivity contribution in [2.24, 2.45) is 0 Å². The van der Waals surface area contributed by atoms with Crippen LogP contribution in [0.5, 0.6) is 0 Å². The van der Waals surface area contributed by atoms with E-state index < -0.39 is 9.84 Å². The van der Waals surface area contributed by atoms with E-state index in [1.807, 2.05) is 24.4 Å². The molecule has 0 radical (unpaired) electrons. The Morgan fingerprint density at radius 1 is 1.12 bits per heavy atom.